The van der Waals surface area contributed by atoms with Gasteiger partial charge in [-0.15, -0.1) is 0 Å². The molecule has 0 bridgehead atoms. The van der Waals surface area contributed by atoms with Gasteiger partial charge in [0.15, 0.2) is 0 Å². The molecule has 1 aromatic rings. The molecule has 6 heteroatoms. The summed E-state index contributed by atoms with van der Waals surface area (Å²) >= 11 is 0. The first kappa shape index (κ1) is 15.8. The monoisotopic (exact) mass is 277 g/mol. The highest BCUT2D eigenvalue weighted by atomic mass is 19.4. The summed E-state index contributed by atoms with van der Waals surface area (Å²) in [6, 6.07) is 3.37. The lowest BCUT2D eigenvalue weighted by molar-refractivity contribution is -0.137. The molecule has 0 saturated heterocycles. The van der Waals surface area contributed by atoms with Crippen LogP contribution in [0.5, 0.6) is 5.75 Å². The van der Waals surface area contributed by atoms with Crippen LogP contribution in [0, 0.1) is 0 Å². The Morgan fingerprint density at radius 2 is 2.05 bits per heavy atom. The standard InChI is InChI=1S/C13H18F3NO2/c1-2-19-12-6-4-10(13(14,15)16)7-9(12)3-5-11(18)8-17/h4,6-7,11,18H,2-3,5,8,17H2,1H3. The largest absolute Gasteiger partial charge is 0.494 e. The molecule has 0 amide bonds. The predicted molar refractivity (Wildman–Crippen MR) is 66.0 cm³/mol. The van der Waals surface area contributed by atoms with Gasteiger partial charge in [0.25, 0.3) is 0 Å². The smallest absolute Gasteiger partial charge is 0.416 e. The number of aliphatic hydroxyl groups excluding tert-OH is 1. The Bertz CT molecular complexity index is 407. The summed E-state index contributed by atoms with van der Waals surface area (Å²) in [5, 5.41) is 9.38. The van der Waals surface area contributed by atoms with Crippen LogP contribution in [0.2, 0.25) is 0 Å². The van der Waals surface area contributed by atoms with Crippen molar-refractivity contribution >= 4 is 0 Å². The summed E-state index contributed by atoms with van der Waals surface area (Å²) < 4.78 is 43.2. The summed E-state index contributed by atoms with van der Waals surface area (Å²) in [7, 11) is 0. The van der Waals surface area contributed by atoms with E-state index in [1.807, 2.05) is 0 Å². The van der Waals surface area contributed by atoms with Crippen LogP contribution in [0.15, 0.2) is 18.2 Å². The van der Waals surface area contributed by atoms with Crippen molar-refractivity contribution in [2.75, 3.05) is 13.2 Å². The number of halogens is 3. The van der Waals surface area contributed by atoms with E-state index in [1.165, 1.54) is 6.07 Å². The van der Waals surface area contributed by atoms with E-state index >= 15 is 0 Å². The fourth-order valence-electron chi connectivity index (χ4n) is 1.69. The number of aryl methyl sites for hydroxylation is 1. The summed E-state index contributed by atoms with van der Waals surface area (Å²) in [5.74, 6) is 0.416. The SMILES string of the molecule is CCOc1ccc(C(F)(F)F)cc1CCC(O)CN. The highest BCUT2D eigenvalue weighted by Crippen LogP contribution is 2.33. The molecule has 19 heavy (non-hydrogen) atoms. The third-order valence-electron chi connectivity index (χ3n) is 2.71. The molecule has 0 radical (unpaired) electrons. The normalized spacial score (nSPS) is 13.4. The van der Waals surface area contributed by atoms with Gasteiger partial charge in [0.05, 0.1) is 18.3 Å². The van der Waals surface area contributed by atoms with Gasteiger partial charge in [-0.2, -0.15) is 13.2 Å². The van der Waals surface area contributed by atoms with Crippen LogP contribution < -0.4 is 10.5 Å². The van der Waals surface area contributed by atoms with Crippen molar-refractivity contribution in [3.8, 4) is 5.75 Å². The van der Waals surface area contributed by atoms with Gasteiger partial charge in [0.1, 0.15) is 5.75 Å². The van der Waals surface area contributed by atoms with Crippen molar-refractivity contribution in [3.63, 3.8) is 0 Å². The summed E-state index contributed by atoms with van der Waals surface area (Å²) in [4.78, 5) is 0. The Balaban J connectivity index is 2.95. The van der Waals surface area contributed by atoms with Crippen molar-refractivity contribution in [3.05, 3.63) is 29.3 Å². The lowest BCUT2D eigenvalue weighted by atomic mass is 10.0. The minimum Gasteiger partial charge on any atom is -0.494 e. The van der Waals surface area contributed by atoms with E-state index in [0.717, 1.165) is 12.1 Å². The van der Waals surface area contributed by atoms with Crippen molar-refractivity contribution in [2.45, 2.75) is 32.0 Å². The van der Waals surface area contributed by atoms with Crippen LogP contribution in [0.25, 0.3) is 0 Å². The molecular formula is C13H18F3NO2. The lowest BCUT2D eigenvalue weighted by Gasteiger charge is -2.15. The minimum absolute atomic E-state index is 0.0862. The number of benzene rings is 1. The number of hydrogen-bond acceptors (Lipinski definition) is 3. The molecule has 1 rings (SSSR count). The number of ether oxygens (including phenoxy) is 1. The molecule has 3 N–H and O–H groups in total. The quantitative estimate of drug-likeness (QED) is 0.839. The number of aliphatic hydroxyl groups is 1. The summed E-state index contributed by atoms with van der Waals surface area (Å²) in [6.07, 6.45) is -4.51. The second kappa shape index (κ2) is 6.77. The zero-order valence-corrected chi connectivity index (χ0v) is 10.7. The van der Waals surface area contributed by atoms with Crippen LogP contribution in [0.4, 0.5) is 13.2 Å². The molecule has 0 fully saturated rings. The van der Waals surface area contributed by atoms with E-state index in [1.54, 1.807) is 6.92 Å². The predicted octanol–water partition coefficient (Wildman–Crippen LogP) is 2.36. The zero-order valence-electron chi connectivity index (χ0n) is 10.7. The Morgan fingerprint density at radius 3 is 2.58 bits per heavy atom. The van der Waals surface area contributed by atoms with Gasteiger partial charge in [0.2, 0.25) is 0 Å². The van der Waals surface area contributed by atoms with Gasteiger partial charge in [-0.1, -0.05) is 0 Å². The fraction of sp³-hybridized carbons (Fsp3) is 0.538. The van der Waals surface area contributed by atoms with Crippen molar-refractivity contribution in [1.82, 2.24) is 0 Å². The molecule has 0 heterocycles. The third kappa shape index (κ3) is 4.72. The number of rotatable bonds is 6. The van der Waals surface area contributed by atoms with E-state index in [-0.39, 0.29) is 13.0 Å². The molecule has 0 aliphatic heterocycles. The van der Waals surface area contributed by atoms with Gasteiger partial charge < -0.3 is 15.6 Å². The first-order valence-corrected chi connectivity index (χ1v) is 6.09. The van der Waals surface area contributed by atoms with Gasteiger partial charge in [-0.05, 0) is 43.5 Å². The zero-order chi connectivity index (χ0) is 14.5. The molecule has 1 unspecified atom stereocenters. The van der Waals surface area contributed by atoms with Crippen molar-refractivity contribution in [2.24, 2.45) is 5.73 Å². The summed E-state index contributed by atoms with van der Waals surface area (Å²) in [5.41, 5.74) is 4.99. The van der Waals surface area contributed by atoms with Crippen molar-refractivity contribution < 1.29 is 23.0 Å². The third-order valence-corrected chi connectivity index (χ3v) is 2.71. The van der Waals surface area contributed by atoms with E-state index in [0.29, 0.717) is 24.3 Å². The Kier molecular flexibility index (Phi) is 5.62. The van der Waals surface area contributed by atoms with E-state index in [2.05, 4.69) is 0 Å². The van der Waals surface area contributed by atoms with Crippen molar-refractivity contribution in [1.29, 1.82) is 0 Å². The Morgan fingerprint density at radius 1 is 1.37 bits per heavy atom. The van der Waals surface area contributed by atoms with Crippen LogP contribution >= 0.6 is 0 Å². The van der Waals surface area contributed by atoms with Crippen LogP contribution in [-0.2, 0) is 12.6 Å². The molecule has 1 atom stereocenters. The minimum atomic E-state index is -4.38. The van der Waals surface area contributed by atoms with Crippen LogP contribution in [0.1, 0.15) is 24.5 Å². The van der Waals surface area contributed by atoms with E-state index in [4.69, 9.17) is 10.5 Å². The maximum atomic E-state index is 12.6. The maximum Gasteiger partial charge on any atom is 0.416 e. The molecule has 1 aromatic carbocycles. The molecule has 0 aromatic heterocycles. The number of nitrogens with two attached hydrogens (primary N) is 1. The first-order chi connectivity index (χ1) is 8.88. The molecular weight excluding hydrogens is 259 g/mol. The molecule has 3 nitrogen and oxygen atoms in total. The number of hydrogen-bond donors (Lipinski definition) is 2. The Hall–Kier alpha value is -1.27. The highest BCUT2D eigenvalue weighted by Gasteiger charge is 2.31. The van der Waals surface area contributed by atoms with Gasteiger partial charge >= 0.3 is 6.18 Å². The lowest BCUT2D eigenvalue weighted by Crippen LogP contribution is -2.20. The highest BCUT2D eigenvalue weighted by molar-refractivity contribution is 5.38. The Labute approximate surface area is 110 Å². The summed E-state index contributed by atoms with van der Waals surface area (Å²) in [6.45, 7) is 2.22. The second-order valence-corrected chi connectivity index (χ2v) is 4.18. The average Bonchev–Trinajstić information content (AvgIpc) is 2.36. The van der Waals surface area contributed by atoms with Crippen LogP contribution in [0.3, 0.4) is 0 Å². The van der Waals surface area contributed by atoms with E-state index in [9.17, 15) is 18.3 Å². The van der Waals surface area contributed by atoms with Gasteiger partial charge in [-0.3, -0.25) is 0 Å². The molecule has 0 spiro atoms. The molecule has 0 aliphatic carbocycles. The molecule has 108 valence electrons. The molecule has 0 saturated carbocycles. The fourth-order valence-corrected chi connectivity index (χ4v) is 1.69. The van der Waals surface area contributed by atoms with Crippen LogP contribution in [-0.4, -0.2) is 24.4 Å². The second-order valence-electron chi connectivity index (χ2n) is 4.18. The number of alkyl halides is 3. The molecule has 0 aliphatic rings. The average molecular weight is 277 g/mol. The maximum absolute atomic E-state index is 12.6. The van der Waals surface area contributed by atoms with Gasteiger partial charge in [-0.25, -0.2) is 0 Å². The first-order valence-electron chi connectivity index (χ1n) is 6.09. The topological polar surface area (TPSA) is 55.5 Å². The van der Waals surface area contributed by atoms with Gasteiger partial charge in [0, 0.05) is 6.54 Å². The van der Waals surface area contributed by atoms with E-state index < -0.39 is 17.8 Å².